The van der Waals surface area contributed by atoms with Crippen LogP contribution in [-0.4, -0.2) is 61.1 Å². The molecule has 282 valence electrons. The summed E-state index contributed by atoms with van der Waals surface area (Å²) in [5.41, 5.74) is -2.60. The summed E-state index contributed by atoms with van der Waals surface area (Å²) in [6.07, 6.45) is 4.45. The number of ether oxygens (including phenoxy) is 2. The smallest absolute Gasteiger partial charge is 0.870 e. The van der Waals surface area contributed by atoms with Crippen LogP contribution in [0.25, 0.3) is 32.9 Å². The molecule has 0 bridgehead atoms. The van der Waals surface area contributed by atoms with Crippen molar-refractivity contribution in [2.24, 2.45) is 0 Å². The van der Waals surface area contributed by atoms with E-state index in [2.05, 4.69) is 8.92 Å². The Bertz CT molecular complexity index is 2540. The molecule has 19 heteroatoms. The Hall–Kier alpha value is -6.19. The molecule has 1 aliphatic rings. The predicted molar refractivity (Wildman–Crippen MR) is 182 cm³/mol. The van der Waals surface area contributed by atoms with Crippen molar-refractivity contribution in [1.82, 2.24) is 0 Å². The average Bonchev–Trinajstić information content (AvgIpc) is 3.95. The second kappa shape index (κ2) is 18.2. The number of aromatic hydroxyl groups is 1. The van der Waals surface area contributed by atoms with Crippen LogP contribution in [0.1, 0.15) is 31.1 Å². The zero-order valence-corrected chi connectivity index (χ0v) is 29.3. The van der Waals surface area contributed by atoms with E-state index in [1.165, 1.54) is 43.9 Å². The first-order valence-electron chi connectivity index (χ1n) is 14.9. The molecule has 0 unspecified atom stereocenters. The fourth-order valence-electron chi connectivity index (χ4n) is 4.53. The van der Waals surface area contributed by atoms with Gasteiger partial charge in [-0.15, -0.1) is 0 Å². The van der Waals surface area contributed by atoms with Gasteiger partial charge in [-0.3, -0.25) is 4.79 Å². The summed E-state index contributed by atoms with van der Waals surface area (Å²) in [6.45, 7) is 0.0960. The van der Waals surface area contributed by atoms with Gasteiger partial charge in [0.15, 0.2) is 6.61 Å². The molecule has 0 aliphatic carbocycles. The third-order valence-corrected chi connectivity index (χ3v) is 8.10. The van der Waals surface area contributed by atoms with E-state index in [0.717, 1.165) is 22.9 Å². The van der Waals surface area contributed by atoms with Crippen molar-refractivity contribution >= 4 is 60.7 Å². The first-order chi connectivity index (χ1) is 25.1. The quantitative estimate of drug-likeness (QED) is 0.106. The van der Waals surface area contributed by atoms with Crippen molar-refractivity contribution in [1.29, 1.82) is 0 Å². The third kappa shape index (κ3) is 10.7. The largest absolute Gasteiger partial charge is 1.00 e. The fraction of sp³-hybridized carbons (Fsp3) is 0.0833. The molecule has 7 aromatic rings. The molecule has 3 N–H and O–H groups in total. The monoisotopic (exact) mass is 778 g/mol. The zero-order valence-electron chi connectivity index (χ0n) is 28.5. The van der Waals surface area contributed by atoms with E-state index in [-0.39, 0.29) is 59.6 Å². The van der Waals surface area contributed by atoms with Crippen LogP contribution in [0.4, 0.5) is 13.2 Å². The summed E-state index contributed by atoms with van der Waals surface area (Å²) in [5, 5.41) is 20.2. The molecule has 0 spiro atoms. The first kappa shape index (κ1) is 43.2. The van der Waals surface area contributed by atoms with Crippen LogP contribution < -0.4 is 27.8 Å². The molecule has 0 fully saturated rings. The van der Waals surface area contributed by atoms with Crippen LogP contribution in [-0.2, 0) is 14.9 Å². The minimum atomic E-state index is -5.64. The Balaban J connectivity index is 0.000000197. The van der Waals surface area contributed by atoms with Crippen LogP contribution in [0.3, 0.4) is 0 Å². The SMILES string of the molecule is COC(=O)c1ccc2ccoc2c1.O=C(O)c1ccc2ccoc2c1.O=C1COc2cc(O)ccc21.O=S(=O)(Oc1ccc2ccoc2c1)C(F)(F)F.[Li+].[OH-]. The van der Waals surface area contributed by atoms with Gasteiger partial charge in [-0.05, 0) is 66.7 Å². The maximum atomic E-state index is 12.0. The van der Waals surface area contributed by atoms with Crippen LogP contribution >= 0.6 is 0 Å². The number of phenols is 1. The summed E-state index contributed by atoms with van der Waals surface area (Å²) >= 11 is 0. The standard InChI is InChI=1S/C10H8O3.C9H5F3O4S.C9H6O3.C8H6O3.Li.H2O/c1-12-10(11)8-3-2-7-4-5-13-9(7)6-8;10-9(11,12)17(13,14)16-7-2-1-6-3-4-15-8(6)5-7;10-9(11)7-2-1-6-3-4-12-8(6)5-7;9-5-1-2-6-7(10)4-11-8(6)3-5;;/h2-6H,1H3;1-5H;1-5H,(H,10,11);1-3,9H,4H2;;1H2/q;;;;+1;/p-1. The van der Waals surface area contributed by atoms with Gasteiger partial charge in [0.05, 0.1) is 42.6 Å². The predicted octanol–water partition coefficient (Wildman–Crippen LogP) is 4.81. The molecule has 1 aliphatic heterocycles. The average molecular weight is 779 g/mol. The Morgan fingerprint density at radius 1 is 0.745 bits per heavy atom. The second-order valence-electron chi connectivity index (χ2n) is 10.6. The number of carbonyl (C=O) groups is 3. The normalized spacial score (nSPS) is 11.5. The number of carbonyl (C=O) groups excluding carboxylic acids is 2. The van der Waals surface area contributed by atoms with E-state index in [1.54, 1.807) is 48.7 Å². The summed E-state index contributed by atoms with van der Waals surface area (Å²) in [5.74, 6) is -1.16. The number of Topliss-reactive ketones (excluding diaryl/α,β-unsaturated/α-hetero) is 1. The van der Waals surface area contributed by atoms with Crippen molar-refractivity contribution < 1.29 is 97.4 Å². The second-order valence-corrected chi connectivity index (χ2v) is 12.2. The van der Waals surface area contributed by atoms with Crippen LogP contribution in [0.2, 0.25) is 0 Å². The number of rotatable bonds is 4. The topological polar surface area (TPSA) is 223 Å². The molecule has 0 amide bonds. The van der Waals surface area contributed by atoms with Gasteiger partial charge in [0.2, 0.25) is 5.78 Å². The number of benzene rings is 4. The van der Waals surface area contributed by atoms with Crippen LogP contribution in [0.5, 0.6) is 17.2 Å². The number of hydrogen-bond acceptors (Lipinski definition) is 13. The number of ketones is 1. The Morgan fingerprint density at radius 2 is 1.25 bits per heavy atom. The molecule has 0 saturated carbocycles. The number of alkyl halides is 3. The number of aromatic carboxylic acids is 1. The number of furan rings is 3. The molecule has 0 radical (unpaired) electrons. The molecule has 0 saturated heterocycles. The van der Waals surface area contributed by atoms with Gasteiger partial charge < -0.3 is 42.6 Å². The minimum absolute atomic E-state index is 0. The molecular formula is C36H26F3LiO14S. The van der Waals surface area contributed by atoms with E-state index in [9.17, 15) is 36.0 Å². The van der Waals surface area contributed by atoms with Gasteiger partial charge in [0, 0.05) is 28.3 Å². The summed E-state index contributed by atoms with van der Waals surface area (Å²) in [6, 6.07) is 23.3. The molecular weight excluding hydrogens is 752 g/mol. The molecule has 3 aromatic heterocycles. The summed E-state index contributed by atoms with van der Waals surface area (Å²) in [7, 11) is -4.29. The zero-order chi connectivity index (χ0) is 38.3. The Morgan fingerprint density at radius 3 is 1.78 bits per heavy atom. The van der Waals surface area contributed by atoms with Gasteiger partial charge in [0.1, 0.15) is 34.0 Å². The van der Waals surface area contributed by atoms with Gasteiger partial charge >= 0.3 is 46.4 Å². The van der Waals surface area contributed by atoms with Crippen molar-refractivity contribution in [3.05, 3.63) is 126 Å². The summed E-state index contributed by atoms with van der Waals surface area (Å²) < 4.78 is 86.1. The van der Waals surface area contributed by atoms with Gasteiger partial charge in [-0.25, -0.2) is 9.59 Å². The number of hydrogen-bond donors (Lipinski definition) is 2. The number of methoxy groups -OCH3 is 1. The van der Waals surface area contributed by atoms with E-state index >= 15 is 0 Å². The number of carboxylic acids is 1. The number of fused-ring (bicyclic) bond motifs is 4. The van der Waals surface area contributed by atoms with E-state index < -0.39 is 27.3 Å². The van der Waals surface area contributed by atoms with Crippen molar-refractivity contribution in [2.75, 3.05) is 13.7 Å². The van der Waals surface area contributed by atoms with Gasteiger partial charge in [-0.2, -0.15) is 21.6 Å². The molecule has 14 nitrogen and oxygen atoms in total. The Labute approximate surface area is 320 Å². The van der Waals surface area contributed by atoms with Crippen LogP contribution in [0.15, 0.2) is 123 Å². The van der Waals surface area contributed by atoms with E-state index in [1.807, 2.05) is 12.1 Å². The molecule has 8 rings (SSSR count). The number of carboxylic acid groups (broad SMARTS) is 1. The van der Waals surface area contributed by atoms with Crippen molar-refractivity contribution in [3.8, 4) is 17.2 Å². The summed E-state index contributed by atoms with van der Waals surface area (Å²) in [4.78, 5) is 32.6. The minimum Gasteiger partial charge on any atom is -0.870 e. The van der Waals surface area contributed by atoms with Gasteiger partial charge in [-0.1, -0.05) is 12.1 Å². The third-order valence-electron chi connectivity index (χ3n) is 7.12. The van der Waals surface area contributed by atoms with E-state index in [4.69, 9.17) is 28.2 Å². The Kier molecular flexibility index (Phi) is 14.3. The van der Waals surface area contributed by atoms with E-state index in [0.29, 0.717) is 33.4 Å². The molecule has 4 heterocycles. The molecule has 0 atom stereocenters. The van der Waals surface area contributed by atoms with Crippen molar-refractivity contribution in [2.45, 2.75) is 5.51 Å². The first-order valence-corrected chi connectivity index (χ1v) is 16.3. The number of phenolic OH excluding ortho intramolecular Hbond substituents is 1. The van der Waals surface area contributed by atoms with Crippen molar-refractivity contribution in [3.63, 3.8) is 0 Å². The molecule has 55 heavy (non-hydrogen) atoms. The number of esters is 1. The van der Waals surface area contributed by atoms with Gasteiger partial charge in [0.25, 0.3) is 0 Å². The maximum Gasteiger partial charge on any atom is 1.00 e. The number of halogens is 3. The van der Waals surface area contributed by atoms with Crippen LogP contribution in [0, 0.1) is 0 Å². The molecule has 4 aromatic carbocycles. The maximum absolute atomic E-state index is 12.0. The fourth-order valence-corrected chi connectivity index (χ4v) is 4.98.